The second-order valence-corrected chi connectivity index (χ2v) is 7.00. The van der Waals surface area contributed by atoms with Gasteiger partial charge in [-0.3, -0.25) is 0 Å². The minimum Gasteiger partial charge on any atom is -0.508 e. The molecule has 1 aliphatic rings. The van der Waals surface area contributed by atoms with Crippen LogP contribution in [0.2, 0.25) is 0 Å². The van der Waals surface area contributed by atoms with Crippen molar-refractivity contribution in [3.05, 3.63) is 59.2 Å². The van der Waals surface area contributed by atoms with Crippen molar-refractivity contribution in [2.45, 2.75) is 18.9 Å². The Hall–Kier alpha value is -4.47. The van der Waals surface area contributed by atoms with Crippen LogP contribution >= 0.6 is 0 Å². The normalized spacial score (nSPS) is 14.4. The first-order chi connectivity index (χ1) is 15.1. The van der Waals surface area contributed by atoms with E-state index in [0.717, 1.165) is 12.1 Å². The Morgan fingerprint density at radius 2 is 1.44 bits per heavy atom. The Bertz CT molecular complexity index is 1150. The van der Waals surface area contributed by atoms with Crippen LogP contribution in [0.5, 0.6) is 46.0 Å². The van der Waals surface area contributed by atoms with E-state index in [9.17, 15) is 30.3 Å². The molecule has 0 saturated carbocycles. The summed E-state index contributed by atoms with van der Waals surface area (Å²) in [6.45, 7) is 0. The van der Waals surface area contributed by atoms with Gasteiger partial charge >= 0.3 is 5.97 Å². The summed E-state index contributed by atoms with van der Waals surface area (Å²) < 4.78 is 5.71. The highest BCUT2D eigenvalue weighted by atomic mass is 16.5. The van der Waals surface area contributed by atoms with Gasteiger partial charge in [0.05, 0.1) is 5.56 Å². The van der Waals surface area contributed by atoms with Crippen LogP contribution in [0.15, 0.2) is 42.5 Å². The number of phenolic OH excluding ortho intramolecular Hbond substituents is 7. The maximum atomic E-state index is 10.3. The summed E-state index contributed by atoms with van der Waals surface area (Å²) in [7, 11) is 0. The average molecular weight is 444 g/mol. The van der Waals surface area contributed by atoms with Crippen molar-refractivity contribution < 1.29 is 50.4 Å². The lowest BCUT2D eigenvalue weighted by atomic mass is 9.96. The fourth-order valence-corrected chi connectivity index (χ4v) is 3.16. The Labute approximate surface area is 181 Å². The number of ether oxygens (including phenoxy) is 1. The van der Waals surface area contributed by atoms with E-state index in [1.165, 1.54) is 30.3 Å². The predicted octanol–water partition coefficient (Wildman–Crippen LogP) is 3.08. The van der Waals surface area contributed by atoms with E-state index < -0.39 is 35.1 Å². The second kappa shape index (κ2) is 8.72. The number of carbonyl (C=O) groups is 1. The number of phenols is 7. The van der Waals surface area contributed by atoms with Gasteiger partial charge < -0.3 is 45.6 Å². The number of aromatic hydroxyl groups is 7. The van der Waals surface area contributed by atoms with Crippen LogP contribution in [-0.4, -0.2) is 46.8 Å². The third-order valence-corrected chi connectivity index (χ3v) is 4.78. The number of fused-ring (bicyclic) bond motifs is 1. The maximum Gasteiger partial charge on any atom is 0.335 e. The van der Waals surface area contributed by atoms with Gasteiger partial charge in [0.25, 0.3) is 0 Å². The van der Waals surface area contributed by atoms with Crippen molar-refractivity contribution >= 4 is 5.97 Å². The summed E-state index contributed by atoms with van der Waals surface area (Å²) in [5.74, 6) is -3.11. The fourth-order valence-electron chi connectivity index (χ4n) is 3.16. The van der Waals surface area contributed by atoms with Crippen LogP contribution in [-0.2, 0) is 6.42 Å². The van der Waals surface area contributed by atoms with E-state index in [0.29, 0.717) is 29.7 Å². The van der Waals surface area contributed by atoms with Crippen LogP contribution in [0.3, 0.4) is 0 Å². The molecule has 0 aromatic heterocycles. The quantitative estimate of drug-likeness (QED) is 0.273. The lowest BCUT2D eigenvalue weighted by molar-refractivity contribution is 0.0696. The highest BCUT2D eigenvalue weighted by Crippen LogP contribution is 2.44. The molecule has 32 heavy (non-hydrogen) atoms. The molecule has 0 aliphatic carbocycles. The predicted molar refractivity (Wildman–Crippen MR) is 110 cm³/mol. The van der Waals surface area contributed by atoms with Gasteiger partial charge in [0.2, 0.25) is 0 Å². The Kier molecular flexibility index (Phi) is 6.06. The van der Waals surface area contributed by atoms with E-state index >= 15 is 0 Å². The Balaban J connectivity index is 0.000000222. The van der Waals surface area contributed by atoms with Crippen molar-refractivity contribution in [3.8, 4) is 46.0 Å². The van der Waals surface area contributed by atoms with E-state index in [2.05, 4.69) is 0 Å². The zero-order chi connectivity index (χ0) is 23.6. The highest BCUT2D eigenvalue weighted by molar-refractivity contribution is 5.88. The zero-order valence-electron chi connectivity index (χ0n) is 16.4. The molecule has 0 bridgehead atoms. The molecule has 0 saturated heterocycles. The summed E-state index contributed by atoms with van der Waals surface area (Å²) in [6, 6.07) is 8.59. The van der Waals surface area contributed by atoms with Crippen LogP contribution in [0.25, 0.3) is 0 Å². The molecule has 0 amide bonds. The minimum atomic E-state index is -1.14. The molecule has 1 heterocycles. The van der Waals surface area contributed by atoms with Gasteiger partial charge in [0.1, 0.15) is 23.4 Å². The lowest BCUT2D eigenvalue weighted by Crippen LogP contribution is -2.15. The van der Waals surface area contributed by atoms with Crippen LogP contribution in [0.1, 0.15) is 34.0 Å². The first-order valence-corrected chi connectivity index (χ1v) is 9.28. The highest BCUT2D eigenvalue weighted by Gasteiger charge is 2.25. The van der Waals surface area contributed by atoms with E-state index in [1.807, 2.05) is 0 Å². The van der Waals surface area contributed by atoms with Gasteiger partial charge in [-0.1, -0.05) is 0 Å². The summed E-state index contributed by atoms with van der Waals surface area (Å²) in [5, 5.41) is 73.7. The number of carboxylic acids is 1. The molecule has 10 heteroatoms. The van der Waals surface area contributed by atoms with Crippen LogP contribution in [0, 0.1) is 0 Å². The van der Waals surface area contributed by atoms with Gasteiger partial charge in [-0.2, -0.15) is 0 Å². The smallest absolute Gasteiger partial charge is 0.335 e. The van der Waals surface area contributed by atoms with Crippen LogP contribution in [0.4, 0.5) is 0 Å². The molecule has 3 aromatic carbocycles. The average Bonchev–Trinajstić information content (AvgIpc) is 2.73. The van der Waals surface area contributed by atoms with Crippen molar-refractivity contribution in [1.29, 1.82) is 0 Å². The van der Waals surface area contributed by atoms with E-state index in [1.54, 1.807) is 0 Å². The molecule has 0 spiro atoms. The number of hydrogen-bond donors (Lipinski definition) is 8. The third-order valence-electron chi connectivity index (χ3n) is 4.78. The van der Waals surface area contributed by atoms with Crippen LogP contribution < -0.4 is 4.74 Å². The van der Waals surface area contributed by atoms with Crippen molar-refractivity contribution in [2.75, 3.05) is 0 Å². The molecule has 1 unspecified atom stereocenters. The third kappa shape index (κ3) is 4.64. The Morgan fingerprint density at radius 3 is 2.03 bits per heavy atom. The molecule has 4 rings (SSSR count). The van der Waals surface area contributed by atoms with Gasteiger partial charge in [-0.15, -0.1) is 0 Å². The van der Waals surface area contributed by atoms with Gasteiger partial charge in [0.15, 0.2) is 28.7 Å². The second-order valence-electron chi connectivity index (χ2n) is 7.00. The summed E-state index contributed by atoms with van der Waals surface area (Å²) in [6.07, 6.45) is 0.583. The van der Waals surface area contributed by atoms with Crippen molar-refractivity contribution in [3.63, 3.8) is 0 Å². The SMILES string of the molecule is O=C(O)c1ccc(O)c(O)c1.Oc1cc(O)c2c(c1)OC(c1cc(O)c(O)c(O)c1)CC2. The molecule has 10 nitrogen and oxygen atoms in total. The van der Waals surface area contributed by atoms with E-state index in [4.69, 9.17) is 20.1 Å². The molecule has 3 aromatic rings. The summed E-state index contributed by atoms with van der Waals surface area (Å²) in [4.78, 5) is 10.3. The standard InChI is InChI=1S/C15H14O6.C7H6O4/c16-8-5-10(17)9-1-2-13(21-14(9)6-8)7-3-11(18)15(20)12(19)4-7;8-5-2-1-4(7(10)11)3-6(5)9/h3-6,13,16-20H,1-2H2;1-3,8-9H,(H,10,11). The number of aromatic carboxylic acids is 1. The monoisotopic (exact) mass is 444 g/mol. The largest absolute Gasteiger partial charge is 0.508 e. The fraction of sp³-hybridized carbons (Fsp3) is 0.136. The van der Waals surface area contributed by atoms with Crippen molar-refractivity contribution in [2.24, 2.45) is 0 Å². The Morgan fingerprint density at radius 1 is 0.781 bits per heavy atom. The van der Waals surface area contributed by atoms with E-state index in [-0.39, 0.29) is 22.8 Å². The summed E-state index contributed by atoms with van der Waals surface area (Å²) >= 11 is 0. The summed E-state index contributed by atoms with van der Waals surface area (Å²) in [5.41, 5.74) is 1.05. The number of carboxylic acid groups (broad SMARTS) is 1. The number of benzene rings is 3. The molecular formula is C22H20O10. The number of hydrogen-bond acceptors (Lipinski definition) is 9. The van der Waals surface area contributed by atoms with Gasteiger partial charge in [-0.05, 0) is 48.7 Å². The first-order valence-electron chi connectivity index (χ1n) is 9.28. The zero-order valence-corrected chi connectivity index (χ0v) is 16.4. The first kappa shape index (κ1) is 22.2. The van der Waals surface area contributed by atoms with Gasteiger partial charge in [-0.25, -0.2) is 4.79 Å². The molecule has 168 valence electrons. The molecule has 8 N–H and O–H groups in total. The molecule has 0 fully saturated rings. The molecule has 1 atom stereocenters. The molecular weight excluding hydrogens is 424 g/mol. The maximum absolute atomic E-state index is 10.3. The minimum absolute atomic E-state index is 0.0279. The van der Waals surface area contributed by atoms with Crippen molar-refractivity contribution in [1.82, 2.24) is 0 Å². The lowest BCUT2D eigenvalue weighted by Gasteiger charge is -2.27. The van der Waals surface area contributed by atoms with Gasteiger partial charge in [0, 0.05) is 17.7 Å². The molecule has 0 radical (unpaired) electrons. The molecule has 1 aliphatic heterocycles. The topological polar surface area (TPSA) is 188 Å². The number of rotatable bonds is 2.